The molecule has 0 aliphatic heterocycles. The molecule has 2 aromatic carbocycles. The lowest BCUT2D eigenvalue weighted by Gasteiger charge is -2.08. The number of para-hydroxylation sites is 1. The van der Waals surface area contributed by atoms with Crippen LogP contribution in [0.5, 0.6) is 5.75 Å². The molecule has 2 N–H and O–H groups in total. The van der Waals surface area contributed by atoms with E-state index in [9.17, 15) is 4.79 Å². The molecule has 0 aliphatic rings. The SMILES string of the molecule is CCCCCCCOc1ccc(C(=O)Nc2cccc3cc(-c4nn[nH]n4)oc23)cc1. The minimum Gasteiger partial charge on any atom is -0.494 e. The standard InChI is InChI=1S/C23H25N5O3/c1-2-3-4-5-6-14-30-18-12-10-16(11-13-18)23(29)24-19-9-7-8-17-15-20(31-21(17)19)22-25-27-28-26-22/h7-13,15H,2-6,14H2,1H3,(H,24,29)(H,25,26,27,28). The molecule has 0 atom stereocenters. The largest absolute Gasteiger partial charge is 0.494 e. The van der Waals surface area contributed by atoms with Gasteiger partial charge in [0.1, 0.15) is 5.75 Å². The van der Waals surface area contributed by atoms with Crippen LogP contribution < -0.4 is 10.1 Å². The molecular weight excluding hydrogens is 394 g/mol. The number of fused-ring (bicyclic) bond motifs is 1. The van der Waals surface area contributed by atoms with Gasteiger partial charge >= 0.3 is 0 Å². The number of tetrazole rings is 1. The Labute approximate surface area is 180 Å². The van der Waals surface area contributed by atoms with E-state index in [4.69, 9.17) is 9.15 Å². The average molecular weight is 419 g/mol. The van der Waals surface area contributed by atoms with Crippen molar-refractivity contribution < 1.29 is 13.9 Å². The van der Waals surface area contributed by atoms with Crippen LogP contribution in [-0.2, 0) is 0 Å². The molecular formula is C23H25N5O3. The molecule has 4 aromatic rings. The second kappa shape index (κ2) is 9.88. The Morgan fingerprint density at radius 3 is 2.71 bits per heavy atom. The number of aromatic amines is 1. The lowest BCUT2D eigenvalue weighted by atomic mass is 10.1. The number of ether oxygens (including phenoxy) is 1. The summed E-state index contributed by atoms with van der Waals surface area (Å²) in [7, 11) is 0. The number of nitrogens with one attached hydrogen (secondary N) is 2. The fourth-order valence-corrected chi connectivity index (χ4v) is 3.33. The van der Waals surface area contributed by atoms with Gasteiger partial charge < -0.3 is 14.5 Å². The number of hydrogen-bond donors (Lipinski definition) is 2. The van der Waals surface area contributed by atoms with Gasteiger partial charge in [-0.05, 0) is 48.0 Å². The zero-order valence-electron chi connectivity index (χ0n) is 17.4. The van der Waals surface area contributed by atoms with Gasteiger partial charge in [-0.15, -0.1) is 10.2 Å². The summed E-state index contributed by atoms with van der Waals surface area (Å²) >= 11 is 0. The van der Waals surface area contributed by atoms with E-state index in [0.717, 1.165) is 17.6 Å². The third-order valence-corrected chi connectivity index (χ3v) is 4.99. The first-order chi connectivity index (χ1) is 15.2. The Morgan fingerprint density at radius 1 is 1.10 bits per heavy atom. The first-order valence-corrected chi connectivity index (χ1v) is 10.5. The first-order valence-electron chi connectivity index (χ1n) is 10.5. The van der Waals surface area contributed by atoms with Crippen molar-refractivity contribution in [3.8, 4) is 17.3 Å². The van der Waals surface area contributed by atoms with E-state index in [-0.39, 0.29) is 5.91 Å². The Hall–Kier alpha value is -3.68. The topological polar surface area (TPSA) is 106 Å². The number of furan rings is 1. The summed E-state index contributed by atoms with van der Waals surface area (Å²) in [4.78, 5) is 12.7. The monoisotopic (exact) mass is 419 g/mol. The van der Waals surface area contributed by atoms with Gasteiger partial charge in [0.2, 0.25) is 5.82 Å². The summed E-state index contributed by atoms with van der Waals surface area (Å²) in [5, 5.41) is 17.5. The fraction of sp³-hybridized carbons (Fsp3) is 0.304. The van der Waals surface area contributed by atoms with Crippen molar-refractivity contribution in [2.75, 3.05) is 11.9 Å². The number of H-pyrrole nitrogens is 1. The van der Waals surface area contributed by atoms with E-state index in [1.165, 1.54) is 25.7 Å². The second-order valence-electron chi connectivity index (χ2n) is 7.31. The number of rotatable bonds is 10. The third-order valence-electron chi connectivity index (χ3n) is 4.99. The highest BCUT2D eigenvalue weighted by atomic mass is 16.5. The summed E-state index contributed by atoms with van der Waals surface area (Å²) < 4.78 is 11.6. The molecule has 0 fully saturated rings. The minimum absolute atomic E-state index is 0.226. The molecule has 2 heterocycles. The summed E-state index contributed by atoms with van der Waals surface area (Å²) in [6.45, 7) is 2.90. The van der Waals surface area contributed by atoms with Crippen molar-refractivity contribution >= 4 is 22.6 Å². The van der Waals surface area contributed by atoms with Gasteiger partial charge in [-0.1, -0.05) is 44.7 Å². The Balaban J connectivity index is 1.38. The van der Waals surface area contributed by atoms with E-state index in [1.807, 2.05) is 30.3 Å². The van der Waals surface area contributed by atoms with Crippen molar-refractivity contribution in [3.05, 3.63) is 54.1 Å². The molecule has 0 radical (unpaired) electrons. The fourth-order valence-electron chi connectivity index (χ4n) is 3.33. The van der Waals surface area contributed by atoms with Crippen LogP contribution in [0, 0.1) is 0 Å². The van der Waals surface area contributed by atoms with E-state index >= 15 is 0 Å². The Bertz CT molecular complexity index is 1120. The quantitative estimate of drug-likeness (QED) is 0.342. The van der Waals surface area contributed by atoms with Crippen LogP contribution in [0.1, 0.15) is 49.4 Å². The van der Waals surface area contributed by atoms with Gasteiger partial charge in [-0.3, -0.25) is 4.79 Å². The minimum atomic E-state index is -0.226. The number of amides is 1. The number of nitrogens with zero attached hydrogens (tertiary/aromatic N) is 3. The molecule has 0 saturated heterocycles. The summed E-state index contributed by atoms with van der Waals surface area (Å²) in [5.74, 6) is 1.37. The molecule has 8 heteroatoms. The van der Waals surface area contributed by atoms with Crippen LogP contribution >= 0.6 is 0 Å². The third kappa shape index (κ3) is 5.09. The average Bonchev–Trinajstić information content (AvgIpc) is 3.47. The predicted octanol–water partition coefficient (Wildman–Crippen LogP) is 5.21. The molecule has 31 heavy (non-hydrogen) atoms. The second-order valence-corrected chi connectivity index (χ2v) is 7.31. The van der Waals surface area contributed by atoms with Crippen molar-refractivity contribution in [2.45, 2.75) is 39.0 Å². The van der Waals surface area contributed by atoms with Gasteiger partial charge in [0.05, 0.1) is 12.3 Å². The van der Waals surface area contributed by atoms with Gasteiger partial charge in [-0.2, -0.15) is 5.21 Å². The highest BCUT2D eigenvalue weighted by Gasteiger charge is 2.15. The van der Waals surface area contributed by atoms with Crippen LogP contribution in [0.3, 0.4) is 0 Å². The number of hydrogen-bond acceptors (Lipinski definition) is 6. The van der Waals surface area contributed by atoms with Crippen molar-refractivity contribution in [3.63, 3.8) is 0 Å². The lowest BCUT2D eigenvalue weighted by Crippen LogP contribution is -2.11. The van der Waals surface area contributed by atoms with Crippen molar-refractivity contribution in [1.29, 1.82) is 0 Å². The number of unbranched alkanes of at least 4 members (excludes halogenated alkanes) is 4. The Kier molecular flexibility index (Phi) is 6.56. The molecule has 0 bridgehead atoms. The van der Waals surface area contributed by atoms with Crippen molar-refractivity contribution in [2.24, 2.45) is 0 Å². The zero-order chi connectivity index (χ0) is 21.5. The molecule has 0 saturated carbocycles. The van der Waals surface area contributed by atoms with Crippen LogP contribution in [0.25, 0.3) is 22.6 Å². The van der Waals surface area contributed by atoms with Crippen LogP contribution in [0.2, 0.25) is 0 Å². The molecule has 1 amide bonds. The van der Waals surface area contributed by atoms with E-state index in [0.29, 0.717) is 35.0 Å². The van der Waals surface area contributed by atoms with Gasteiger partial charge in [0.25, 0.3) is 5.91 Å². The number of aromatic nitrogens is 4. The number of benzene rings is 2. The molecule has 2 aromatic heterocycles. The predicted molar refractivity (Wildman–Crippen MR) is 118 cm³/mol. The molecule has 0 aliphatic carbocycles. The smallest absolute Gasteiger partial charge is 0.255 e. The molecule has 160 valence electrons. The van der Waals surface area contributed by atoms with Gasteiger partial charge in [0.15, 0.2) is 11.3 Å². The van der Waals surface area contributed by atoms with E-state index in [2.05, 4.69) is 32.9 Å². The number of carbonyl (C=O) groups excluding carboxylic acids is 1. The maximum atomic E-state index is 12.7. The van der Waals surface area contributed by atoms with Crippen LogP contribution in [0.4, 0.5) is 5.69 Å². The Morgan fingerprint density at radius 2 is 1.94 bits per heavy atom. The highest BCUT2D eigenvalue weighted by Crippen LogP contribution is 2.31. The van der Waals surface area contributed by atoms with E-state index in [1.54, 1.807) is 18.2 Å². The highest BCUT2D eigenvalue weighted by molar-refractivity contribution is 6.08. The van der Waals surface area contributed by atoms with Crippen LogP contribution in [-0.4, -0.2) is 33.1 Å². The summed E-state index contributed by atoms with van der Waals surface area (Å²) in [6, 6.07) is 14.5. The van der Waals surface area contributed by atoms with E-state index < -0.39 is 0 Å². The van der Waals surface area contributed by atoms with Crippen LogP contribution in [0.15, 0.2) is 52.9 Å². The van der Waals surface area contributed by atoms with Gasteiger partial charge in [-0.25, -0.2) is 0 Å². The molecule has 0 unspecified atom stereocenters. The van der Waals surface area contributed by atoms with Crippen molar-refractivity contribution in [1.82, 2.24) is 20.6 Å². The van der Waals surface area contributed by atoms with Gasteiger partial charge in [0, 0.05) is 10.9 Å². The zero-order valence-corrected chi connectivity index (χ0v) is 17.4. The maximum Gasteiger partial charge on any atom is 0.255 e. The summed E-state index contributed by atoms with van der Waals surface area (Å²) in [5.41, 5.74) is 1.67. The molecule has 4 rings (SSSR count). The summed E-state index contributed by atoms with van der Waals surface area (Å²) in [6.07, 6.45) is 5.98. The molecule has 0 spiro atoms. The number of carbonyl (C=O) groups is 1. The number of anilines is 1. The normalized spacial score (nSPS) is 11.0. The lowest BCUT2D eigenvalue weighted by molar-refractivity contribution is 0.102. The molecule has 8 nitrogen and oxygen atoms in total. The first kappa shape index (κ1) is 20.6. The maximum absolute atomic E-state index is 12.7.